The number of carbonyl (C=O) groups excluding carboxylic acids is 1. The Kier molecular flexibility index (Phi) is 6.67. The second kappa shape index (κ2) is 9.32. The Morgan fingerprint density at radius 1 is 0.938 bits per heavy atom. The molecule has 1 heterocycles. The van der Waals surface area contributed by atoms with Gasteiger partial charge in [0, 0.05) is 22.0 Å². The van der Waals surface area contributed by atoms with E-state index in [1.807, 2.05) is 24.3 Å². The highest BCUT2D eigenvalue weighted by Gasteiger charge is 2.42. The van der Waals surface area contributed by atoms with Gasteiger partial charge in [-0.05, 0) is 61.1 Å². The predicted octanol–water partition coefficient (Wildman–Crippen LogP) is 6.63. The van der Waals surface area contributed by atoms with Gasteiger partial charge in [0.15, 0.2) is 0 Å². The summed E-state index contributed by atoms with van der Waals surface area (Å²) in [5, 5.41) is 10.0. The number of hydrogen-bond donors (Lipinski definition) is 1. The van der Waals surface area contributed by atoms with E-state index in [0.717, 1.165) is 16.8 Å². The van der Waals surface area contributed by atoms with Crippen LogP contribution in [0.2, 0.25) is 10.0 Å². The Morgan fingerprint density at radius 2 is 1.50 bits per heavy atom. The quantitative estimate of drug-likeness (QED) is 0.523. The van der Waals surface area contributed by atoms with Gasteiger partial charge in [0.05, 0.1) is 18.2 Å². The summed E-state index contributed by atoms with van der Waals surface area (Å²) in [4.78, 5) is 12.9. The first-order chi connectivity index (χ1) is 15.2. The third kappa shape index (κ3) is 5.21. The molecular formula is C23H22Cl2F3N3O. The van der Waals surface area contributed by atoms with Gasteiger partial charge in [0.1, 0.15) is 0 Å². The molecule has 0 aromatic heterocycles. The normalized spacial score (nSPS) is 23.7. The molecule has 1 fully saturated rings. The number of halogens is 5. The van der Waals surface area contributed by atoms with E-state index in [0.29, 0.717) is 29.4 Å². The maximum Gasteiger partial charge on any atom is 0.391 e. The molecule has 2 aliphatic rings. The van der Waals surface area contributed by atoms with Gasteiger partial charge in [0.25, 0.3) is 0 Å². The zero-order chi connectivity index (χ0) is 22.9. The van der Waals surface area contributed by atoms with Gasteiger partial charge in [-0.15, -0.1) is 0 Å². The van der Waals surface area contributed by atoms with Gasteiger partial charge in [-0.3, -0.25) is 0 Å². The van der Waals surface area contributed by atoms with Crippen LogP contribution >= 0.6 is 23.2 Å². The summed E-state index contributed by atoms with van der Waals surface area (Å²) in [6.45, 7) is 0.323. The lowest BCUT2D eigenvalue weighted by Gasteiger charge is -2.31. The minimum atomic E-state index is -4.17. The van der Waals surface area contributed by atoms with Gasteiger partial charge in [-0.1, -0.05) is 47.5 Å². The average molecular weight is 484 g/mol. The number of nitrogens with one attached hydrogen (secondary N) is 1. The van der Waals surface area contributed by atoms with Gasteiger partial charge in [-0.25, -0.2) is 9.80 Å². The molecule has 1 unspecified atom stereocenters. The fourth-order valence-corrected chi connectivity index (χ4v) is 4.53. The molecule has 0 radical (unpaired) electrons. The number of alkyl halides is 3. The van der Waals surface area contributed by atoms with Crippen molar-refractivity contribution in [1.82, 2.24) is 10.3 Å². The molecular weight excluding hydrogens is 462 g/mol. The molecule has 1 aliphatic carbocycles. The van der Waals surface area contributed by atoms with Gasteiger partial charge < -0.3 is 5.32 Å². The smallest absolute Gasteiger partial charge is 0.334 e. The zero-order valence-electron chi connectivity index (χ0n) is 17.1. The van der Waals surface area contributed by atoms with Crippen LogP contribution in [0.4, 0.5) is 18.0 Å². The number of hydrazone groups is 1. The first-order valence-electron chi connectivity index (χ1n) is 10.5. The first kappa shape index (κ1) is 22.9. The molecule has 1 aliphatic heterocycles. The molecule has 2 aromatic carbocycles. The minimum Gasteiger partial charge on any atom is -0.334 e. The van der Waals surface area contributed by atoms with E-state index in [2.05, 4.69) is 10.4 Å². The molecule has 170 valence electrons. The standard InChI is InChI=1S/C23H22Cl2F3N3O/c24-17-7-1-14(2-8-17)20-13-31(30-21(20)15-3-9-18(25)10-4-15)22(32)29-19-11-5-16(6-12-19)23(26,27)28/h1-4,7-10,16,19-20H,5-6,11-13H2,(H,29,32). The molecule has 0 saturated heterocycles. The van der Waals surface area contributed by atoms with Crippen molar-refractivity contribution in [3.05, 3.63) is 69.7 Å². The highest BCUT2D eigenvalue weighted by atomic mass is 35.5. The summed E-state index contributed by atoms with van der Waals surface area (Å²) in [5.74, 6) is -1.45. The molecule has 1 atom stereocenters. The molecule has 4 nitrogen and oxygen atoms in total. The zero-order valence-corrected chi connectivity index (χ0v) is 18.6. The van der Waals surface area contributed by atoms with Crippen LogP contribution in [-0.2, 0) is 0 Å². The highest BCUT2D eigenvalue weighted by molar-refractivity contribution is 6.31. The number of carbonyl (C=O) groups is 1. The van der Waals surface area contributed by atoms with E-state index in [-0.39, 0.29) is 24.8 Å². The molecule has 4 rings (SSSR count). The summed E-state index contributed by atoms with van der Waals surface area (Å²) >= 11 is 12.0. The van der Waals surface area contributed by atoms with Crippen LogP contribution < -0.4 is 5.32 Å². The Balaban J connectivity index is 1.49. The third-order valence-electron chi connectivity index (χ3n) is 6.08. The van der Waals surface area contributed by atoms with Crippen LogP contribution in [0.25, 0.3) is 0 Å². The second-order valence-corrected chi connectivity index (χ2v) is 9.09. The van der Waals surface area contributed by atoms with Gasteiger partial charge >= 0.3 is 12.2 Å². The molecule has 9 heteroatoms. The molecule has 1 saturated carbocycles. The number of hydrogen-bond acceptors (Lipinski definition) is 2. The van der Waals surface area contributed by atoms with Crippen molar-refractivity contribution in [2.45, 2.75) is 43.8 Å². The predicted molar refractivity (Wildman–Crippen MR) is 119 cm³/mol. The largest absolute Gasteiger partial charge is 0.391 e. The van der Waals surface area contributed by atoms with Crippen LogP contribution in [-0.4, -0.2) is 35.5 Å². The van der Waals surface area contributed by atoms with Gasteiger partial charge in [-0.2, -0.15) is 18.3 Å². The summed E-state index contributed by atoms with van der Waals surface area (Å²) in [6, 6.07) is 13.9. The minimum absolute atomic E-state index is 0.0289. The Bertz CT molecular complexity index is 985. The fraction of sp³-hybridized carbons (Fsp3) is 0.391. The van der Waals surface area contributed by atoms with E-state index in [1.54, 1.807) is 24.3 Å². The Morgan fingerprint density at radius 3 is 2.06 bits per heavy atom. The highest BCUT2D eigenvalue weighted by Crippen LogP contribution is 2.37. The Labute approximate surface area is 194 Å². The number of urea groups is 1. The van der Waals surface area contributed by atoms with Crippen molar-refractivity contribution >= 4 is 34.9 Å². The lowest BCUT2D eigenvalue weighted by Crippen LogP contribution is -2.44. The first-order valence-corrected chi connectivity index (χ1v) is 11.2. The van der Waals surface area contributed by atoms with Crippen LogP contribution in [0.15, 0.2) is 53.6 Å². The second-order valence-electron chi connectivity index (χ2n) is 8.22. The molecule has 1 N–H and O–H groups in total. The summed E-state index contributed by atoms with van der Waals surface area (Å²) in [6.07, 6.45) is -3.51. The van der Waals surface area contributed by atoms with Gasteiger partial charge in [0.2, 0.25) is 0 Å². The number of amides is 2. The third-order valence-corrected chi connectivity index (χ3v) is 6.58. The van der Waals surface area contributed by atoms with Crippen LogP contribution in [0, 0.1) is 5.92 Å². The van der Waals surface area contributed by atoms with Crippen molar-refractivity contribution in [2.75, 3.05) is 6.54 Å². The number of benzene rings is 2. The Hall–Kier alpha value is -2.25. The maximum atomic E-state index is 12.9. The SMILES string of the molecule is O=C(NC1CCC(C(F)(F)F)CC1)N1CC(c2ccc(Cl)cc2)C(c2ccc(Cl)cc2)=N1. The lowest BCUT2D eigenvalue weighted by atomic mass is 9.85. The molecule has 2 amide bonds. The van der Waals surface area contributed by atoms with Crippen molar-refractivity contribution < 1.29 is 18.0 Å². The maximum absolute atomic E-state index is 12.9. The summed E-state index contributed by atoms with van der Waals surface area (Å²) < 4.78 is 38.7. The average Bonchev–Trinajstić information content (AvgIpc) is 3.20. The van der Waals surface area contributed by atoms with Crippen molar-refractivity contribution in [3.63, 3.8) is 0 Å². The van der Waals surface area contributed by atoms with Crippen LogP contribution in [0.3, 0.4) is 0 Å². The van der Waals surface area contributed by atoms with E-state index < -0.39 is 18.1 Å². The molecule has 32 heavy (non-hydrogen) atoms. The summed E-state index contributed by atoms with van der Waals surface area (Å²) in [7, 11) is 0. The van der Waals surface area contributed by atoms with Crippen molar-refractivity contribution in [2.24, 2.45) is 11.0 Å². The van der Waals surface area contributed by atoms with E-state index >= 15 is 0 Å². The monoisotopic (exact) mass is 483 g/mol. The summed E-state index contributed by atoms with van der Waals surface area (Å²) in [5.41, 5.74) is 2.53. The van der Waals surface area contributed by atoms with Crippen molar-refractivity contribution in [1.29, 1.82) is 0 Å². The van der Waals surface area contributed by atoms with E-state index in [1.165, 1.54) is 5.01 Å². The molecule has 0 spiro atoms. The topological polar surface area (TPSA) is 44.7 Å². The lowest BCUT2D eigenvalue weighted by molar-refractivity contribution is -0.182. The van der Waals surface area contributed by atoms with Crippen molar-refractivity contribution in [3.8, 4) is 0 Å². The number of rotatable bonds is 3. The molecule has 2 aromatic rings. The van der Waals surface area contributed by atoms with E-state index in [4.69, 9.17) is 23.2 Å². The van der Waals surface area contributed by atoms with E-state index in [9.17, 15) is 18.0 Å². The molecule has 0 bridgehead atoms. The fourth-order valence-electron chi connectivity index (χ4n) is 4.28. The van der Waals surface area contributed by atoms with Crippen LogP contribution in [0.1, 0.15) is 42.7 Å². The van der Waals surface area contributed by atoms with Crippen LogP contribution in [0.5, 0.6) is 0 Å². The number of nitrogens with zero attached hydrogens (tertiary/aromatic N) is 2.